The zero-order valence-corrected chi connectivity index (χ0v) is 21.7. The first-order chi connectivity index (χ1) is 16.5. The van der Waals surface area contributed by atoms with Crippen LogP contribution in [0.15, 0.2) is 36.4 Å². The van der Waals surface area contributed by atoms with E-state index in [1.165, 1.54) is 76.2 Å². The van der Waals surface area contributed by atoms with Crippen molar-refractivity contribution in [1.82, 2.24) is 0 Å². The van der Waals surface area contributed by atoms with Gasteiger partial charge in [0.05, 0.1) is 0 Å². The predicted octanol–water partition coefficient (Wildman–Crippen LogP) is 9.92. The Labute approximate surface area is 206 Å². The van der Waals surface area contributed by atoms with Crippen LogP contribution in [0.4, 0.5) is 13.2 Å². The molecule has 0 N–H and O–H groups in total. The molecule has 1 aliphatic carbocycles. The molecule has 0 aromatic heterocycles. The van der Waals surface area contributed by atoms with Crippen molar-refractivity contribution in [3.05, 3.63) is 59.4 Å². The second-order valence-corrected chi connectivity index (χ2v) is 13.8. The monoisotopic (exact) mass is 485 g/mol. The van der Waals surface area contributed by atoms with Crippen molar-refractivity contribution < 1.29 is 13.2 Å². The molecule has 0 atom stereocenters. The van der Waals surface area contributed by atoms with Crippen molar-refractivity contribution in [3.8, 4) is 11.1 Å². The number of hydrogen-bond donors (Lipinski definition) is 0. The van der Waals surface area contributed by atoms with Crippen LogP contribution in [0.3, 0.4) is 0 Å². The summed E-state index contributed by atoms with van der Waals surface area (Å²) in [5, 5.41) is 0. The first-order valence-electron chi connectivity index (χ1n) is 13.6. The molecular weight excluding hydrogens is 445 g/mol. The van der Waals surface area contributed by atoms with Gasteiger partial charge in [-0.15, -0.1) is 0 Å². The fourth-order valence-electron chi connectivity index (χ4n) is 6.18. The van der Waals surface area contributed by atoms with Gasteiger partial charge in [-0.1, -0.05) is 94.3 Å². The molecule has 34 heavy (non-hydrogen) atoms. The van der Waals surface area contributed by atoms with Gasteiger partial charge in [0, 0.05) is 8.80 Å². The van der Waals surface area contributed by atoms with Crippen molar-refractivity contribution in [3.63, 3.8) is 0 Å². The van der Waals surface area contributed by atoms with E-state index >= 15 is 0 Å². The summed E-state index contributed by atoms with van der Waals surface area (Å²) in [4.78, 5) is 0. The number of unbranched alkanes of at least 4 members (excludes halogenated alkanes) is 2. The van der Waals surface area contributed by atoms with Crippen molar-refractivity contribution in [2.24, 2.45) is 11.8 Å². The summed E-state index contributed by atoms with van der Waals surface area (Å²) in [6.07, 6.45) is 15.2. The summed E-state index contributed by atoms with van der Waals surface area (Å²) in [7, 11) is -0.0134. The maximum atomic E-state index is 13.6. The number of hydrogen-bond acceptors (Lipinski definition) is 0. The van der Waals surface area contributed by atoms with E-state index in [0.29, 0.717) is 11.5 Å². The molecule has 0 unspecified atom stereocenters. The molecule has 1 saturated carbocycles. The van der Waals surface area contributed by atoms with E-state index < -0.39 is 17.5 Å². The highest BCUT2D eigenvalue weighted by molar-refractivity contribution is 6.58. The maximum Gasteiger partial charge on any atom is 0.194 e. The molecule has 4 rings (SSSR count). The molecule has 185 valence electrons. The van der Waals surface area contributed by atoms with Crippen LogP contribution in [0.1, 0.15) is 89.0 Å². The Balaban J connectivity index is 1.19. The fourth-order valence-corrected chi connectivity index (χ4v) is 9.31. The normalized spacial score (nSPS) is 22.2. The van der Waals surface area contributed by atoms with Crippen LogP contribution in [0, 0.1) is 29.3 Å². The summed E-state index contributed by atoms with van der Waals surface area (Å²) in [6, 6.07) is 14.8. The van der Waals surface area contributed by atoms with Crippen molar-refractivity contribution in [1.29, 1.82) is 0 Å². The van der Waals surface area contributed by atoms with Gasteiger partial charge in [-0.3, -0.25) is 0 Å². The first-order valence-corrected chi connectivity index (χ1v) is 15.7. The lowest BCUT2D eigenvalue weighted by atomic mass is 9.76. The van der Waals surface area contributed by atoms with Gasteiger partial charge in [-0.05, 0) is 72.3 Å². The summed E-state index contributed by atoms with van der Waals surface area (Å²) < 4.78 is 40.4. The Morgan fingerprint density at radius 3 is 1.91 bits per heavy atom. The van der Waals surface area contributed by atoms with Crippen molar-refractivity contribution in [2.45, 2.75) is 102 Å². The van der Waals surface area contributed by atoms with Crippen LogP contribution in [0.5, 0.6) is 0 Å². The van der Waals surface area contributed by atoms with Gasteiger partial charge in [0.1, 0.15) is 0 Å². The Kier molecular flexibility index (Phi) is 9.33. The predicted molar refractivity (Wildman–Crippen MR) is 138 cm³/mol. The van der Waals surface area contributed by atoms with Crippen LogP contribution in [0.2, 0.25) is 18.1 Å². The highest BCUT2D eigenvalue weighted by Crippen LogP contribution is 2.40. The van der Waals surface area contributed by atoms with E-state index in [1.807, 2.05) is 12.1 Å². The standard InChI is InChI=1S/C30H40F3Si/c1-2-3-4-17-34-18-15-23(16-19-34)6-5-22-7-9-24(10-8-22)25-11-13-26(14-12-25)27-20-28(31)30(33)29(32)21-27/h11-14,20-24H,2-10,15-19H2,1H3. The molecule has 1 saturated heterocycles. The van der Waals surface area contributed by atoms with E-state index in [4.69, 9.17) is 0 Å². The van der Waals surface area contributed by atoms with E-state index in [2.05, 4.69) is 19.1 Å². The molecule has 1 aliphatic heterocycles. The molecule has 2 aliphatic rings. The maximum absolute atomic E-state index is 13.6. The lowest BCUT2D eigenvalue weighted by Gasteiger charge is -2.32. The Hall–Kier alpha value is -1.55. The Morgan fingerprint density at radius 2 is 1.32 bits per heavy atom. The van der Waals surface area contributed by atoms with Gasteiger partial charge in [0.25, 0.3) is 0 Å². The second-order valence-electron chi connectivity index (χ2n) is 10.8. The smallest absolute Gasteiger partial charge is 0.194 e. The minimum Gasteiger partial charge on any atom is -0.204 e. The summed E-state index contributed by atoms with van der Waals surface area (Å²) >= 11 is 0. The molecule has 4 heteroatoms. The van der Waals surface area contributed by atoms with Crippen molar-refractivity contribution >= 4 is 8.80 Å². The van der Waals surface area contributed by atoms with Gasteiger partial charge in [0.2, 0.25) is 0 Å². The van der Waals surface area contributed by atoms with Gasteiger partial charge in [-0.25, -0.2) is 13.2 Å². The van der Waals surface area contributed by atoms with Crippen LogP contribution < -0.4 is 0 Å². The average molecular weight is 486 g/mol. The number of benzene rings is 2. The molecule has 1 heterocycles. The zero-order valence-electron chi connectivity index (χ0n) is 20.7. The van der Waals surface area contributed by atoms with Crippen molar-refractivity contribution in [2.75, 3.05) is 0 Å². The first kappa shape index (κ1) is 25.5. The second kappa shape index (κ2) is 12.4. The minimum atomic E-state index is -1.41. The summed E-state index contributed by atoms with van der Waals surface area (Å²) in [5.41, 5.74) is 2.41. The average Bonchev–Trinajstić information content (AvgIpc) is 2.87. The van der Waals surface area contributed by atoms with Crippen LogP contribution in [0.25, 0.3) is 11.1 Å². The van der Waals surface area contributed by atoms with Crippen LogP contribution in [-0.2, 0) is 0 Å². The number of halogens is 3. The molecule has 2 aromatic rings. The van der Waals surface area contributed by atoms with E-state index in [9.17, 15) is 13.2 Å². The van der Waals surface area contributed by atoms with Gasteiger partial charge in [-0.2, -0.15) is 0 Å². The van der Waals surface area contributed by atoms with Gasteiger partial charge < -0.3 is 0 Å². The van der Waals surface area contributed by atoms with Gasteiger partial charge >= 0.3 is 0 Å². The summed E-state index contributed by atoms with van der Waals surface area (Å²) in [6.45, 7) is 2.31. The quantitative estimate of drug-likeness (QED) is 0.188. The zero-order chi connectivity index (χ0) is 23.9. The summed E-state index contributed by atoms with van der Waals surface area (Å²) in [5.74, 6) is -1.23. The molecule has 0 bridgehead atoms. The molecule has 0 spiro atoms. The van der Waals surface area contributed by atoms with Gasteiger partial charge in [0.15, 0.2) is 17.5 Å². The highest BCUT2D eigenvalue weighted by atomic mass is 28.3. The third kappa shape index (κ3) is 6.77. The minimum absolute atomic E-state index is 0.0134. The molecule has 1 radical (unpaired) electrons. The topological polar surface area (TPSA) is 0 Å². The van der Waals surface area contributed by atoms with E-state index in [1.54, 1.807) is 18.1 Å². The Morgan fingerprint density at radius 1 is 0.735 bits per heavy atom. The van der Waals surface area contributed by atoms with Crippen LogP contribution >= 0.6 is 0 Å². The fraction of sp³-hybridized carbons (Fsp3) is 0.600. The SMILES string of the molecule is CCCCC[Si]1CCC(CCC2CCC(c3ccc(-c4cc(F)c(F)c(F)c4)cc3)CC2)CC1. The molecular formula is C30H40F3Si. The molecule has 2 fully saturated rings. The number of rotatable bonds is 9. The highest BCUT2D eigenvalue weighted by Gasteiger charge is 2.26. The van der Waals surface area contributed by atoms with E-state index in [0.717, 1.165) is 29.5 Å². The third-order valence-electron chi connectivity index (χ3n) is 8.48. The van der Waals surface area contributed by atoms with Crippen LogP contribution in [-0.4, -0.2) is 8.80 Å². The Bertz CT molecular complexity index is 871. The molecule has 2 aromatic carbocycles. The largest absolute Gasteiger partial charge is 0.204 e. The molecule has 0 amide bonds. The molecule has 0 nitrogen and oxygen atoms in total. The third-order valence-corrected chi connectivity index (χ3v) is 11.5. The van der Waals surface area contributed by atoms with E-state index in [-0.39, 0.29) is 8.80 Å². The lowest BCUT2D eigenvalue weighted by molar-refractivity contribution is 0.280. The lowest BCUT2D eigenvalue weighted by Crippen LogP contribution is -2.22.